The first-order valence-corrected chi connectivity index (χ1v) is 4.54. The fourth-order valence-electron chi connectivity index (χ4n) is 1.42. The summed E-state index contributed by atoms with van der Waals surface area (Å²) in [6.45, 7) is 1.85. The minimum atomic E-state index is -0.444. The van der Waals surface area contributed by atoms with Gasteiger partial charge in [0.15, 0.2) is 11.9 Å². The van der Waals surface area contributed by atoms with Crippen LogP contribution in [-0.4, -0.2) is 31.1 Å². The first kappa shape index (κ1) is 8.53. The van der Waals surface area contributed by atoms with E-state index in [1.807, 2.05) is 6.92 Å². The van der Waals surface area contributed by atoms with Crippen molar-refractivity contribution in [3.8, 4) is 0 Å². The SMILES string of the molecule is COC(=O)[C@@H]1N=C(C2CC2)O[C@@H]1C. The predicted octanol–water partition coefficient (Wildman–Crippen LogP) is 0.755. The Morgan fingerprint density at radius 3 is 2.85 bits per heavy atom. The molecule has 0 amide bonds. The van der Waals surface area contributed by atoms with Crippen LogP contribution in [0.1, 0.15) is 19.8 Å². The molecule has 2 rings (SSSR count). The van der Waals surface area contributed by atoms with Crippen LogP contribution >= 0.6 is 0 Å². The highest BCUT2D eigenvalue weighted by Crippen LogP contribution is 2.34. The maximum Gasteiger partial charge on any atom is 0.334 e. The van der Waals surface area contributed by atoms with Crippen molar-refractivity contribution in [3.05, 3.63) is 0 Å². The van der Waals surface area contributed by atoms with Crippen molar-refractivity contribution >= 4 is 11.9 Å². The van der Waals surface area contributed by atoms with Crippen LogP contribution < -0.4 is 0 Å². The third-order valence-electron chi connectivity index (χ3n) is 2.39. The van der Waals surface area contributed by atoms with Gasteiger partial charge in [-0.05, 0) is 19.8 Å². The molecular formula is C9H13NO3. The van der Waals surface area contributed by atoms with Gasteiger partial charge in [0.2, 0.25) is 0 Å². The summed E-state index contributed by atoms with van der Waals surface area (Å²) in [6, 6.07) is -0.444. The predicted molar refractivity (Wildman–Crippen MR) is 46.5 cm³/mol. The summed E-state index contributed by atoms with van der Waals surface area (Å²) in [5.74, 6) is 0.920. The van der Waals surface area contributed by atoms with Crippen molar-refractivity contribution in [2.24, 2.45) is 10.9 Å². The standard InChI is InChI=1S/C9H13NO3/c1-5-7(9(11)12-2)10-8(13-5)6-3-4-6/h5-7H,3-4H2,1-2H3/t5-,7-/m1/s1. The Labute approximate surface area is 76.9 Å². The third-order valence-corrected chi connectivity index (χ3v) is 2.39. The molecule has 1 aliphatic carbocycles. The number of nitrogens with zero attached hydrogens (tertiary/aromatic N) is 1. The topological polar surface area (TPSA) is 47.9 Å². The smallest absolute Gasteiger partial charge is 0.334 e. The van der Waals surface area contributed by atoms with E-state index in [9.17, 15) is 4.79 Å². The Morgan fingerprint density at radius 2 is 2.31 bits per heavy atom. The molecule has 72 valence electrons. The van der Waals surface area contributed by atoms with Crippen molar-refractivity contribution in [3.63, 3.8) is 0 Å². The lowest BCUT2D eigenvalue weighted by Crippen LogP contribution is -2.28. The van der Waals surface area contributed by atoms with Crippen LogP contribution in [0.3, 0.4) is 0 Å². The third kappa shape index (κ3) is 1.53. The average Bonchev–Trinajstić information content (AvgIpc) is 2.89. The van der Waals surface area contributed by atoms with Crippen molar-refractivity contribution < 1.29 is 14.3 Å². The molecule has 0 N–H and O–H groups in total. The maximum atomic E-state index is 11.2. The van der Waals surface area contributed by atoms with Crippen molar-refractivity contribution in [1.82, 2.24) is 0 Å². The Balaban J connectivity index is 2.06. The molecule has 2 atom stereocenters. The molecule has 0 aromatic rings. The Kier molecular flexibility index (Phi) is 1.98. The van der Waals surface area contributed by atoms with Gasteiger partial charge < -0.3 is 9.47 Å². The molecule has 0 aromatic heterocycles. The van der Waals surface area contributed by atoms with Gasteiger partial charge >= 0.3 is 5.97 Å². The summed E-state index contributed by atoms with van der Waals surface area (Å²) in [5.41, 5.74) is 0. The second-order valence-electron chi connectivity index (χ2n) is 3.53. The number of carbonyl (C=O) groups excluding carboxylic acids is 1. The van der Waals surface area contributed by atoms with Crippen LogP contribution in [0.15, 0.2) is 4.99 Å². The first-order valence-electron chi connectivity index (χ1n) is 4.54. The highest BCUT2D eigenvalue weighted by molar-refractivity contribution is 5.88. The number of rotatable bonds is 2. The van der Waals surface area contributed by atoms with E-state index >= 15 is 0 Å². The molecule has 1 saturated carbocycles. The zero-order chi connectivity index (χ0) is 9.42. The first-order chi connectivity index (χ1) is 6.22. The molecule has 0 radical (unpaired) electrons. The molecule has 0 spiro atoms. The molecule has 1 aliphatic heterocycles. The second-order valence-corrected chi connectivity index (χ2v) is 3.53. The normalized spacial score (nSPS) is 32.3. The molecule has 13 heavy (non-hydrogen) atoms. The van der Waals surface area contributed by atoms with E-state index in [0.717, 1.165) is 18.7 Å². The monoisotopic (exact) mass is 183 g/mol. The molecule has 2 aliphatic rings. The molecule has 0 saturated heterocycles. The van der Waals surface area contributed by atoms with Crippen LogP contribution in [0.25, 0.3) is 0 Å². The van der Waals surface area contributed by atoms with Crippen molar-refractivity contribution in [1.29, 1.82) is 0 Å². The zero-order valence-corrected chi connectivity index (χ0v) is 7.82. The fraction of sp³-hybridized carbons (Fsp3) is 0.778. The Hall–Kier alpha value is -1.06. The van der Waals surface area contributed by atoms with Gasteiger partial charge in [0.25, 0.3) is 0 Å². The fourth-order valence-corrected chi connectivity index (χ4v) is 1.42. The van der Waals surface area contributed by atoms with E-state index in [1.165, 1.54) is 7.11 Å². The van der Waals surface area contributed by atoms with Crippen molar-refractivity contribution in [2.75, 3.05) is 7.11 Å². The lowest BCUT2D eigenvalue weighted by Gasteiger charge is -2.09. The number of aliphatic imine (C=N–C) groups is 1. The summed E-state index contributed by atoms with van der Waals surface area (Å²) in [4.78, 5) is 15.4. The zero-order valence-electron chi connectivity index (χ0n) is 7.82. The second kappa shape index (κ2) is 3.01. The van der Waals surface area contributed by atoms with E-state index in [2.05, 4.69) is 9.73 Å². The van der Waals surface area contributed by atoms with Crippen LogP contribution in [0.2, 0.25) is 0 Å². The quantitative estimate of drug-likeness (QED) is 0.594. The van der Waals surface area contributed by atoms with Gasteiger partial charge in [-0.15, -0.1) is 0 Å². The number of hydrogen-bond donors (Lipinski definition) is 0. The van der Waals surface area contributed by atoms with Gasteiger partial charge in [0, 0.05) is 5.92 Å². The number of carbonyl (C=O) groups is 1. The van der Waals surface area contributed by atoms with Crippen LogP contribution in [-0.2, 0) is 14.3 Å². The Bertz CT molecular complexity index is 258. The van der Waals surface area contributed by atoms with Crippen LogP contribution in [0.5, 0.6) is 0 Å². The van der Waals surface area contributed by atoms with E-state index < -0.39 is 6.04 Å². The molecule has 0 bridgehead atoms. The minimum Gasteiger partial charge on any atom is -0.475 e. The number of methoxy groups -OCH3 is 1. The van der Waals surface area contributed by atoms with E-state index in [0.29, 0.717) is 5.92 Å². The molecule has 0 unspecified atom stereocenters. The molecule has 0 aromatic carbocycles. The highest BCUT2D eigenvalue weighted by atomic mass is 16.5. The van der Waals surface area contributed by atoms with E-state index in [4.69, 9.17) is 4.74 Å². The summed E-state index contributed by atoms with van der Waals surface area (Å²) in [6.07, 6.45) is 2.11. The minimum absolute atomic E-state index is 0.164. The average molecular weight is 183 g/mol. The molecule has 1 heterocycles. The molecule has 4 heteroatoms. The lowest BCUT2D eigenvalue weighted by atomic mass is 10.2. The highest BCUT2D eigenvalue weighted by Gasteiger charge is 2.40. The number of ether oxygens (including phenoxy) is 2. The van der Waals surface area contributed by atoms with Crippen LogP contribution in [0, 0.1) is 5.92 Å². The summed E-state index contributed by atoms with van der Waals surface area (Å²) < 4.78 is 10.1. The van der Waals surface area contributed by atoms with Crippen LogP contribution in [0.4, 0.5) is 0 Å². The summed E-state index contributed by atoms with van der Waals surface area (Å²) >= 11 is 0. The molecule has 4 nitrogen and oxygen atoms in total. The molecule has 1 fully saturated rings. The lowest BCUT2D eigenvalue weighted by molar-refractivity contribution is -0.143. The van der Waals surface area contributed by atoms with E-state index in [-0.39, 0.29) is 12.1 Å². The van der Waals surface area contributed by atoms with Gasteiger partial charge in [0.1, 0.15) is 6.10 Å². The van der Waals surface area contributed by atoms with E-state index in [1.54, 1.807) is 0 Å². The molecular weight excluding hydrogens is 170 g/mol. The number of esters is 1. The van der Waals surface area contributed by atoms with Gasteiger partial charge in [-0.3, -0.25) is 0 Å². The van der Waals surface area contributed by atoms with Gasteiger partial charge in [-0.25, -0.2) is 9.79 Å². The van der Waals surface area contributed by atoms with Gasteiger partial charge in [-0.1, -0.05) is 0 Å². The summed E-state index contributed by atoms with van der Waals surface area (Å²) in [7, 11) is 1.37. The van der Waals surface area contributed by atoms with Gasteiger partial charge in [-0.2, -0.15) is 0 Å². The van der Waals surface area contributed by atoms with Gasteiger partial charge in [0.05, 0.1) is 7.11 Å². The number of hydrogen-bond acceptors (Lipinski definition) is 4. The maximum absolute atomic E-state index is 11.2. The Morgan fingerprint density at radius 1 is 1.62 bits per heavy atom. The van der Waals surface area contributed by atoms with Crippen molar-refractivity contribution in [2.45, 2.75) is 31.9 Å². The summed E-state index contributed by atoms with van der Waals surface area (Å²) in [5, 5.41) is 0. The largest absolute Gasteiger partial charge is 0.475 e.